The van der Waals surface area contributed by atoms with E-state index in [-0.39, 0.29) is 11.9 Å². The lowest BCUT2D eigenvalue weighted by atomic mass is 10.2. The van der Waals surface area contributed by atoms with E-state index >= 15 is 0 Å². The van der Waals surface area contributed by atoms with Crippen molar-refractivity contribution in [3.05, 3.63) is 73.2 Å². The first-order valence-corrected chi connectivity index (χ1v) is 7.47. The van der Waals surface area contributed by atoms with Crippen LogP contribution in [0.5, 0.6) is 5.75 Å². The van der Waals surface area contributed by atoms with Gasteiger partial charge in [0.15, 0.2) is 0 Å². The number of rotatable bonds is 6. The largest absolute Gasteiger partial charge is 0.497 e. The summed E-state index contributed by atoms with van der Waals surface area (Å²) < 4.78 is 20.5. The van der Waals surface area contributed by atoms with E-state index in [4.69, 9.17) is 4.74 Å². The van der Waals surface area contributed by atoms with Gasteiger partial charge in [-0.2, -0.15) is 0 Å². The SMILES string of the molecule is C=C[C@@H](Cn1ccc2cc(F)ccc21)Nc1ccc(OC)cc1. The van der Waals surface area contributed by atoms with Crippen molar-refractivity contribution in [2.75, 3.05) is 12.4 Å². The molecule has 3 rings (SSSR count). The van der Waals surface area contributed by atoms with Crippen LogP contribution in [0.15, 0.2) is 67.4 Å². The van der Waals surface area contributed by atoms with Gasteiger partial charge < -0.3 is 14.6 Å². The number of nitrogens with zero attached hydrogens (tertiary/aromatic N) is 1. The summed E-state index contributed by atoms with van der Waals surface area (Å²) in [4.78, 5) is 0. The summed E-state index contributed by atoms with van der Waals surface area (Å²) in [6.45, 7) is 4.62. The second-order valence-corrected chi connectivity index (χ2v) is 5.39. The Morgan fingerprint density at radius 3 is 2.70 bits per heavy atom. The average molecular weight is 310 g/mol. The number of halogens is 1. The van der Waals surface area contributed by atoms with Crippen molar-refractivity contribution >= 4 is 16.6 Å². The van der Waals surface area contributed by atoms with Crippen LogP contribution in [-0.2, 0) is 6.54 Å². The average Bonchev–Trinajstić information content (AvgIpc) is 2.96. The molecule has 0 radical (unpaired) electrons. The molecule has 0 unspecified atom stereocenters. The molecule has 118 valence electrons. The van der Waals surface area contributed by atoms with Gasteiger partial charge in [-0.3, -0.25) is 0 Å². The zero-order valence-corrected chi connectivity index (χ0v) is 13.0. The maximum atomic E-state index is 13.3. The zero-order chi connectivity index (χ0) is 16.2. The van der Waals surface area contributed by atoms with Gasteiger partial charge in [-0.05, 0) is 48.5 Å². The molecule has 0 spiro atoms. The highest BCUT2D eigenvalue weighted by atomic mass is 19.1. The van der Waals surface area contributed by atoms with Gasteiger partial charge in [0.05, 0.1) is 13.2 Å². The van der Waals surface area contributed by atoms with Gasteiger partial charge in [-0.1, -0.05) is 6.08 Å². The number of hydrogen-bond donors (Lipinski definition) is 1. The third-order valence-electron chi connectivity index (χ3n) is 3.85. The van der Waals surface area contributed by atoms with Crippen molar-refractivity contribution in [1.29, 1.82) is 0 Å². The fraction of sp³-hybridized carbons (Fsp3) is 0.158. The van der Waals surface area contributed by atoms with Gasteiger partial charge >= 0.3 is 0 Å². The highest BCUT2D eigenvalue weighted by Gasteiger charge is 2.08. The molecule has 1 N–H and O–H groups in total. The monoisotopic (exact) mass is 310 g/mol. The van der Waals surface area contributed by atoms with Crippen LogP contribution in [0.2, 0.25) is 0 Å². The molecule has 0 amide bonds. The molecule has 1 aromatic heterocycles. The number of nitrogens with one attached hydrogen (secondary N) is 1. The van der Waals surface area contributed by atoms with Crippen LogP contribution in [0.1, 0.15) is 0 Å². The number of methoxy groups -OCH3 is 1. The number of ether oxygens (including phenoxy) is 1. The molecule has 3 nitrogen and oxygen atoms in total. The van der Waals surface area contributed by atoms with Crippen LogP contribution < -0.4 is 10.1 Å². The molecule has 0 saturated heterocycles. The summed E-state index contributed by atoms with van der Waals surface area (Å²) in [6, 6.07) is 14.6. The van der Waals surface area contributed by atoms with Gasteiger partial charge in [0.1, 0.15) is 11.6 Å². The van der Waals surface area contributed by atoms with Gasteiger partial charge in [0.25, 0.3) is 0 Å². The Morgan fingerprint density at radius 2 is 2.00 bits per heavy atom. The number of anilines is 1. The van der Waals surface area contributed by atoms with Crippen molar-refractivity contribution in [2.45, 2.75) is 12.6 Å². The molecule has 0 fully saturated rings. The molecule has 3 aromatic rings. The third kappa shape index (κ3) is 3.37. The Hall–Kier alpha value is -2.75. The van der Waals surface area contributed by atoms with E-state index < -0.39 is 0 Å². The summed E-state index contributed by atoms with van der Waals surface area (Å²) in [5, 5.41) is 4.33. The maximum Gasteiger partial charge on any atom is 0.123 e. The fourth-order valence-electron chi connectivity index (χ4n) is 2.62. The minimum absolute atomic E-state index is 0.0593. The van der Waals surface area contributed by atoms with Crippen LogP contribution >= 0.6 is 0 Å². The minimum atomic E-state index is -0.216. The highest BCUT2D eigenvalue weighted by molar-refractivity contribution is 5.80. The molecule has 0 aliphatic heterocycles. The van der Waals surface area contributed by atoms with E-state index in [0.29, 0.717) is 6.54 Å². The molecule has 1 atom stereocenters. The van der Waals surface area contributed by atoms with Crippen LogP contribution in [0.3, 0.4) is 0 Å². The predicted octanol–water partition coefficient (Wildman–Crippen LogP) is 4.46. The van der Waals surface area contributed by atoms with E-state index in [1.54, 1.807) is 19.2 Å². The van der Waals surface area contributed by atoms with Crippen LogP contribution in [0.4, 0.5) is 10.1 Å². The van der Waals surface area contributed by atoms with Crippen LogP contribution in [0, 0.1) is 5.82 Å². The minimum Gasteiger partial charge on any atom is -0.497 e. The van der Waals surface area contributed by atoms with Crippen molar-refractivity contribution in [1.82, 2.24) is 4.57 Å². The van der Waals surface area contributed by atoms with E-state index in [1.165, 1.54) is 6.07 Å². The Labute approximate surface area is 135 Å². The number of benzene rings is 2. The standard InChI is InChI=1S/C19H19FN2O/c1-3-16(21-17-5-7-18(23-2)8-6-17)13-22-11-10-14-12-15(20)4-9-19(14)22/h3-12,16,21H,1,13H2,2H3/t16-/m0/s1. The third-order valence-corrected chi connectivity index (χ3v) is 3.85. The van der Waals surface area contributed by atoms with Gasteiger partial charge in [0, 0.05) is 29.3 Å². The van der Waals surface area contributed by atoms with E-state index in [9.17, 15) is 4.39 Å². The lowest BCUT2D eigenvalue weighted by Crippen LogP contribution is -2.22. The molecule has 0 bridgehead atoms. The summed E-state index contributed by atoms with van der Waals surface area (Å²) in [5.41, 5.74) is 2.01. The lowest BCUT2D eigenvalue weighted by molar-refractivity contribution is 0.415. The first kappa shape index (κ1) is 15.2. The normalized spacial score (nSPS) is 12.1. The Kier molecular flexibility index (Phi) is 4.33. The first-order valence-electron chi connectivity index (χ1n) is 7.47. The lowest BCUT2D eigenvalue weighted by Gasteiger charge is -2.18. The molecule has 1 heterocycles. The van der Waals surface area contributed by atoms with E-state index in [0.717, 1.165) is 22.3 Å². The molecule has 4 heteroatoms. The maximum absolute atomic E-state index is 13.3. The number of hydrogen-bond acceptors (Lipinski definition) is 2. The summed E-state index contributed by atoms with van der Waals surface area (Å²) >= 11 is 0. The predicted molar refractivity (Wildman–Crippen MR) is 92.5 cm³/mol. The van der Waals surface area contributed by atoms with Crippen molar-refractivity contribution in [2.24, 2.45) is 0 Å². The summed E-state index contributed by atoms with van der Waals surface area (Å²) in [7, 11) is 1.65. The van der Waals surface area contributed by atoms with Crippen LogP contribution in [0.25, 0.3) is 10.9 Å². The molecular formula is C19H19FN2O. The van der Waals surface area contributed by atoms with Crippen LogP contribution in [-0.4, -0.2) is 17.7 Å². The Morgan fingerprint density at radius 1 is 1.22 bits per heavy atom. The van der Waals surface area contributed by atoms with E-state index in [2.05, 4.69) is 16.5 Å². The van der Waals surface area contributed by atoms with Crippen molar-refractivity contribution in [3.8, 4) is 5.75 Å². The smallest absolute Gasteiger partial charge is 0.123 e. The van der Waals surface area contributed by atoms with Gasteiger partial charge in [-0.25, -0.2) is 4.39 Å². The quantitative estimate of drug-likeness (QED) is 0.681. The van der Waals surface area contributed by atoms with E-state index in [1.807, 2.05) is 42.6 Å². The number of aromatic nitrogens is 1. The molecule has 0 aliphatic rings. The molecule has 23 heavy (non-hydrogen) atoms. The zero-order valence-electron chi connectivity index (χ0n) is 13.0. The second kappa shape index (κ2) is 6.57. The molecule has 0 saturated carbocycles. The summed E-state index contributed by atoms with van der Waals surface area (Å²) in [5.74, 6) is 0.607. The number of fused-ring (bicyclic) bond motifs is 1. The molecule has 0 aliphatic carbocycles. The van der Waals surface area contributed by atoms with Gasteiger partial charge in [0.2, 0.25) is 0 Å². The topological polar surface area (TPSA) is 26.2 Å². The Balaban J connectivity index is 1.76. The summed E-state index contributed by atoms with van der Waals surface area (Å²) in [6.07, 6.45) is 3.84. The highest BCUT2D eigenvalue weighted by Crippen LogP contribution is 2.20. The fourth-order valence-corrected chi connectivity index (χ4v) is 2.62. The molecule has 2 aromatic carbocycles. The van der Waals surface area contributed by atoms with Gasteiger partial charge in [-0.15, -0.1) is 6.58 Å². The Bertz CT molecular complexity index is 808. The second-order valence-electron chi connectivity index (χ2n) is 5.39. The van der Waals surface area contributed by atoms with Crippen molar-refractivity contribution < 1.29 is 9.13 Å². The first-order chi connectivity index (χ1) is 11.2. The van der Waals surface area contributed by atoms with Crippen molar-refractivity contribution in [3.63, 3.8) is 0 Å². The molecular weight excluding hydrogens is 291 g/mol.